The third-order valence-electron chi connectivity index (χ3n) is 3.44. The van der Waals surface area contributed by atoms with Crippen LogP contribution in [0.2, 0.25) is 0 Å². The minimum absolute atomic E-state index is 0. The van der Waals surface area contributed by atoms with Gasteiger partial charge in [0.1, 0.15) is 5.56 Å². The molecule has 0 saturated heterocycles. The van der Waals surface area contributed by atoms with E-state index in [0.29, 0.717) is 0 Å². The molecule has 2 rings (SSSR count). The van der Waals surface area contributed by atoms with Gasteiger partial charge in [-0.2, -0.15) is 0 Å². The molecule has 2 aromatic rings. The molecule has 1 aromatic carbocycles. The summed E-state index contributed by atoms with van der Waals surface area (Å²) < 4.78 is 10.5. The maximum atomic E-state index is 12.6. The first-order valence-electron chi connectivity index (χ1n) is 7.79. The Morgan fingerprint density at radius 3 is 2.00 bits per heavy atom. The minimum atomic E-state index is -0.904. The van der Waals surface area contributed by atoms with Gasteiger partial charge < -0.3 is 14.6 Å². The van der Waals surface area contributed by atoms with Crippen LogP contribution in [0.3, 0.4) is 0 Å². The molecule has 0 aliphatic carbocycles. The van der Waals surface area contributed by atoms with Crippen molar-refractivity contribution in [1.29, 1.82) is 0 Å². The molecule has 0 aliphatic heterocycles. The van der Waals surface area contributed by atoms with Gasteiger partial charge in [0.2, 0.25) is 0 Å². The Kier molecular flexibility index (Phi) is 8.08. The van der Waals surface area contributed by atoms with Crippen molar-refractivity contribution in [3.63, 3.8) is 0 Å². The zero-order valence-corrected chi connectivity index (χ0v) is 17.2. The molecule has 0 unspecified atom stereocenters. The first-order chi connectivity index (χ1) is 11.9. The van der Waals surface area contributed by atoms with Gasteiger partial charge >= 0.3 is 41.5 Å². The van der Waals surface area contributed by atoms with Crippen molar-refractivity contribution in [2.75, 3.05) is 13.2 Å². The summed E-state index contributed by atoms with van der Waals surface area (Å²) in [6.07, 6.45) is 0. The van der Waals surface area contributed by atoms with E-state index in [0.717, 1.165) is 16.2 Å². The standard InChI is InChI=1S/C18H19NO6.Na/c1-4-24-17(22)13-10-14(18(23)25-5-2)16(21)19(15(13)20)12-8-6-11(3)7-9-12;/h6-10,20H,4-5H2,1-3H3;/q;+1/p-1. The predicted molar refractivity (Wildman–Crippen MR) is 88.1 cm³/mol. The maximum Gasteiger partial charge on any atom is 1.00 e. The molecule has 8 heteroatoms. The summed E-state index contributed by atoms with van der Waals surface area (Å²) in [7, 11) is 0. The summed E-state index contributed by atoms with van der Waals surface area (Å²) in [5.74, 6) is -2.65. The van der Waals surface area contributed by atoms with Crippen LogP contribution >= 0.6 is 0 Å². The van der Waals surface area contributed by atoms with Gasteiger partial charge in [-0.3, -0.25) is 9.36 Å². The van der Waals surface area contributed by atoms with Gasteiger partial charge in [0.25, 0.3) is 5.56 Å². The number of carbonyl (C=O) groups excluding carboxylic acids is 2. The van der Waals surface area contributed by atoms with Crippen molar-refractivity contribution >= 4 is 11.9 Å². The summed E-state index contributed by atoms with van der Waals surface area (Å²) in [6, 6.07) is 7.47. The smallest absolute Gasteiger partial charge is 0.859 e. The number of esters is 2. The van der Waals surface area contributed by atoms with Crippen molar-refractivity contribution in [2.24, 2.45) is 0 Å². The van der Waals surface area contributed by atoms with Crippen molar-refractivity contribution in [2.45, 2.75) is 20.8 Å². The molecule has 26 heavy (non-hydrogen) atoms. The molecular formula is C18H18NNaO6. The van der Waals surface area contributed by atoms with Gasteiger partial charge in [0.15, 0.2) is 0 Å². The molecule has 0 N–H and O–H groups in total. The zero-order valence-electron chi connectivity index (χ0n) is 15.2. The second-order valence-electron chi connectivity index (χ2n) is 5.19. The fraction of sp³-hybridized carbons (Fsp3) is 0.278. The summed E-state index contributed by atoms with van der Waals surface area (Å²) in [6.45, 7) is 5.13. The number of aryl methyl sites for hydroxylation is 1. The van der Waals surface area contributed by atoms with E-state index in [2.05, 4.69) is 0 Å². The molecular weight excluding hydrogens is 349 g/mol. The SMILES string of the molecule is CCOC(=O)c1cc(C(=O)OCC)c(=O)n(-c2ccc(C)cc2)c1[O-].[Na+]. The van der Waals surface area contributed by atoms with Crippen LogP contribution in [0.25, 0.3) is 5.69 Å². The van der Waals surface area contributed by atoms with Crippen LogP contribution in [0.15, 0.2) is 35.1 Å². The molecule has 7 nitrogen and oxygen atoms in total. The molecule has 0 fully saturated rings. The van der Waals surface area contributed by atoms with Crippen molar-refractivity contribution < 1.29 is 53.7 Å². The topological polar surface area (TPSA) is 97.7 Å². The molecule has 0 atom stereocenters. The largest absolute Gasteiger partial charge is 1.00 e. The van der Waals surface area contributed by atoms with Crippen LogP contribution in [0, 0.1) is 6.92 Å². The number of rotatable bonds is 5. The second-order valence-corrected chi connectivity index (χ2v) is 5.19. The number of benzene rings is 1. The molecule has 0 bridgehead atoms. The van der Waals surface area contributed by atoms with Gasteiger partial charge in [-0.15, -0.1) is 0 Å². The van der Waals surface area contributed by atoms with E-state index in [1.54, 1.807) is 38.1 Å². The molecule has 0 amide bonds. The Balaban J connectivity index is 0.00000338. The van der Waals surface area contributed by atoms with Gasteiger partial charge in [0.05, 0.1) is 18.8 Å². The number of pyridine rings is 1. The van der Waals surface area contributed by atoms with Crippen LogP contribution in [-0.2, 0) is 9.47 Å². The van der Waals surface area contributed by atoms with Gasteiger partial charge in [-0.1, -0.05) is 17.7 Å². The van der Waals surface area contributed by atoms with E-state index >= 15 is 0 Å². The molecule has 0 saturated carbocycles. The summed E-state index contributed by atoms with van der Waals surface area (Å²) in [5, 5.41) is 12.6. The van der Waals surface area contributed by atoms with Gasteiger partial charge in [-0.05, 0) is 44.9 Å². The molecule has 0 spiro atoms. The van der Waals surface area contributed by atoms with E-state index in [4.69, 9.17) is 9.47 Å². The fourth-order valence-corrected chi connectivity index (χ4v) is 2.24. The van der Waals surface area contributed by atoms with Crippen LogP contribution in [-0.4, -0.2) is 29.7 Å². The van der Waals surface area contributed by atoms with Crippen LogP contribution in [0.5, 0.6) is 5.88 Å². The number of carbonyl (C=O) groups is 2. The normalized spacial score (nSPS) is 9.96. The van der Waals surface area contributed by atoms with Crippen LogP contribution in [0.1, 0.15) is 40.1 Å². The monoisotopic (exact) mass is 367 g/mol. The third kappa shape index (κ3) is 4.55. The Labute approximate surface area is 172 Å². The van der Waals surface area contributed by atoms with Crippen molar-refractivity contribution in [3.8, 4) is 11.6 Å². The summed E-state index contributed by atoms with van der Waals surface area (Å²) in [5.41, 5.74) is -0.468. The number of hydrogen-bond donors (Lipinski definition) is 0. The van der Waals surface area contributed by atoms with Gasteiger partial charge in [0, 0.05) is 5.69 Å². The van der Waals surface area contributed by atoms with E-state index in [1.165, 1.54) is 0 Å². The van der Waals surface area contributed by atoms with Crippen LogP contribution < -0.4 is 40.2 Å². The zero-order chi connectivity index (χ0) is 18.6. The molecule has 0 radical (unpaired) electrons. The average molecular weight is 367 g/mol. The van der Waals surface area contributed by atoms with E-state index in [-0.39, 0.29) is 48.5 Å². The minimum Gasteiger partial charge on any atom is -0.859 e. The number of hydrogen-bond acceptors (Lipinski definition) is 6. The maximum absolute atomic E-state index is 12.6. The first kappa shape index (κ1) is 22.0. The van der Waals surface area contributed by atoms with Gasteiger partial charge in [-0.25, -0.2) is 9.59 Å². The fourth-order valence-electron chi connectivity index (χ4n) is 2.24. The van der Waals surface area contributed by atoms with Crippen molar-refractivity contribution in [3.05, 3.63) is 57.4 Å². The molecule has 132 valence electrons. The Hall–Kier alpha value is -2.09. The number of ether oxygens (including phenoxy) is 2. The van der Waals surface area contributed by atoms with Crippen molar-refractivity contribution in [1.82, 2.24) is 4.57 Å². The molecule has 1 heterocycles. The van der Waals surface area contributed by atoms with E-state index in [1.807, 2.05) is 6.92 Å². The summed E-state index contributed by atoms with van der Waals surface area (Å²) in [4.78, 5) is 36.7. The summed E-state index contributed by atoms with van der Waals surface area (Å²) >= 11 is 0. The Bertz CT molecular complexity index is 857. The van der Waals surface area contributed by atoms with E-state index < -0.39 is 34.5 Å². The number of aromatic nitrogens is 1. The second kappa shape index (κ2) is 9.56. The molecule has 1 aromatic heterocycles. The Morgan fingerprint density at radius 1 is 1.00 bits per heavy atom. The first-order valence-corrected chi connectivity index (χ1v) is 7.79. The average Bonchev–Trinajstić information content (AvgIpc) is 2.57. The third-order valence-corrected chi connectivity index (χ3v) is 3.44. The quantitative estimate of drug-likeness (QED) is 0.475. The molecule has 0 aliphatic rings. The Morgan fingerprint density at radius 2 is 1.50 bits per heavy atom. The van der Waals surface area contributed by atoms with E-state index in [9.17, 15) is 19.5 Å². The van der Waals surface area contributed by atoms with Crippen LogP contribution in [0.4, 0.5) is 0 Å². The predicted octanol–water partition coefficient (Wildman–Crippen LogP) is -1.42. The number of nitrogens with zero attached hydrogens (tertiary/aromatic N) is 1.